The Hall–Kier alpha value is -1.10. The molecule has 0 bridgehead atoms. The van der Waals surface area contributed by atoms with Crippen molar-refractivity contribution in [1.82, 2.24) is 10.6 Å². The summed E-state index contributed by atoms with van der Waals surface area (Å²) in [5.41, 5.74) is 5.48. The molecule has 0 aromatic heterocycles. The minimum Gasteiger partial charge on any atom is -0.354 e. The van der Waals surface area contributed by atoms with Gasteiger partial charge in [-0.1, -0.05) is 6.92 Å². The SMILES string of the molecule is CC(CN)CCC(=O)NC1CCC(=O)NC1. The molecule has 0 radical (unpaired) electrons. The Morgan fingerprint density at radius 2 is 2.44 bits per heavy atom. The van der Waals surface area contributed by atoms with Crippen molar-refractivity contribution in [1.29, 1.82) is 0 Å². The molecule has 0 aromatic rings. The van der Waals surface area contributed by atoms with Crippen molar-refractivity contribution < 1.29 is 9.59 Å². The van der Waals surface area contributed by atoms with Gasteiger partial charge in [0, 0.05) is 25.4 Å². The quantitative estimate of drug-likeness (QED) is 0.606. The number of piperidine rings is 1. The highest BCUT2D eigenvalue weighted by molar-refractivity contribution is 5.78. The van der Waals surface area contributed by atoms with E-state index in [-0.39, 0.29) is 17.9 Å². The average molecular weight is 227 g/mol. The highest BCUT2D eigenvalue weighted by Crippen LogP contribution is 2.06. The minimum absolute atomic E-state index is 0.0569. The van der Waals surface area contributed by atoms with Gasteiger partial charge in [-0.25, -0.2) is 0 Å². The summed E-state index contributed by atoms with van der Waals surface area (Å²) in [6.07, 6.45) is 2.58. The molecule has 1 saturated heterocycles. The molecule has 4 N–H and O–H groups in total. The summed E-state index contributed by atoms with van der Waals surface area (Å²) in [4.78, 5) is 22.5. The topological polar surface area (TPSA) is 84.2 Å². The van der Waals surface area contributed by atoms with E-state index in [1.165, 1.54) is 0 Å². The van der Waals surface area contributed by atoms with Gasteiger partial charge < -0.3 is 16.4 Å². The Labute approximate surface area is 96.1 Å². The minimum atomic E-state index is 0.0569. The van der Waals surface area contributed by atoms with Crippen LogP contribution in [-0.4, -0.2) is 30.9 Å². The molecule has 16 heavy (non-hydrogen) atoms. The molecule has 2 atom stereocenters. The van der Waals surface area contributed by atoms with Gasteiger partial charge in [-0.3, -0.25) is 9.59 Å². The summed E-state index contributed by atoms with van der Waals surface area (Å²) in [6.45, 7) is 3.21. The largest absolute Gasteiger partial charge is 0.354 e. The van der Waals surface area contributed by atoms with Crippen LogP contribution in [0.3, 0.4) is 0 Å². The van der Waals surface area contributed by atoms with Crippen LogP contribution in [0.5, 0.6) is 0 Å². The number of hydrogen-bond acceptors (Lipinski definition) is 3. The first-order valence-corrected chi connectivity index (χ1v) is 5.88. The number of carbonyl (C=O) groups excluding carboxylic acids is 2. The first-order valence-electron chi connectivity index (χ1n) is 5.88. The Morgan fingerprint density at radius 3 is 3.00 bits per heavy atom. The van der Waals surface area contributed by atoms with E-state index in [1.54, 1.807) is 0 Å². The number of amides is 2. The Balaban J connectivity index is 2.16. The molecule has 0 aliphatic carbocycles. The van der Waals surface area contributed by atoms with Gasteiger partial charge in [-0.15, -0.1) is 0 Å². The smallest absolute Gasteiger partial charge is 0.220 e. The molecule has 92 valence electrons. The summed E-state index contributed by atoms with van der Waals surface area (Å²) >= 11 is 0. The second-order valence-electron chi connectivity index (χ2n) is 4.49. The van der Waals surface area contributed by atoms with Crippen LogP contribution in [-0.2, 0) is 9.59 Å². The predicted octanol–water partition coefficient (Wildman–Crippen LogP) is -0.244. The monoisotopic (exact) mass is 227 g/mol. The fourth-order valence-corrected chi connectivity index (χ4v) is 1.65. The van der Waals surface area contributed by atoms with E-state index in [1.807, 2.05) is 6.92 Å². The van der Waals surface area contributed by atoms with Gasteiger partial charge >= 0.3 is 0 Å². The molecular weight excluding hydrogens is 206 g/mol. The van der Waals surface area contributed by atoms with Gasteiger partial charge in [0.25, 0.3) is 0 Å². The fourth-order valence-electron chi connectivity index (χ4n) is 1.65. The number of nitrogens with one attached hydrogen (secondary N) is 2. The zero-order chi connectivity index (χ0) is 12.0. The fraction of sp³-hybridized carbons (Fsp3) is 0.818. The summed E-state index contributed by atoms with van der Waals surface area (Å²) in [6, 6.07) is 0.0957. The Kier molecular flexibility index (Phi) is 5.25. The van der Waals surface area contributed by atoms with E-state index in [0.29, 0.717) is 31.8 Å². The van der Waals surface area contributed by atoms with Crippen LogP contribution in [0.15, 0.2) is 0 Å². The lowest BCUT2D eigenvalue weighted by molar-refractivity contribution is -0.125. The zero-order valence-corrected chi connectivity index (χ0v) is 9.79. The van der Waals surface area contributed by atoms with Gasteiger partial charge in [0.05, 0.1) is 0 Å². The maximum atomic E-state index is 11.5. The lowest BCUT2D eigenvalue weighted by Gasteiger charge is -2.23. The Bertz CT molecular complexity index is 246. The molecule has 0 spiro atoms. The second-order valence-corrected chi connectivity index (χ2v) is 4.49. The van der Waals surface area contributed by atoms with Crippen molar-refractivity contribution in [3.63, 3.8) is 0 Å². The molecule has 1 aliphatic rings. The predicted molar refractivity (Wildman–Crippen MR) is 61.6 cm³/mol. The molecule has 0 aromatic carbocycles. The van der Waals surface area contributed by atoms with Crippen LogP contribution < -0.4 is 16.4 Å². The van der Waals surface area contributed by atoms with Crippen molar-refractivity contribution in [2.45, 2.75) is 38.6 Å². The number of hydrogen-bond donors (Lipinski definition) is 3. The third kappa shape index (κ3) is 4.61. The molecule has 5 heteroatoms. The van der Waals surface area contributed by atoms with Gasteiger partial charge in [-0.05, 0) is 25.3 Å². The van der Waals surface area contributed by atoms with E-state index in [0.717, 1.165) is 12.8 Å². The molecule has 1 fully saturated rings. The number of carbonyl (C=O) groups is 2. The summed E-state index contributed by atoms with van der Waals surface area (Å²) < 4.78 is 0. The molecule has 1 aliphatic heterocycles. The van der Waals surface area contributed by atoms with E-state index < -0.39 is 0 Å². The van der Waals surface area contributed by atoms with E-state index in [4.69, 9.17) is 5.73 Å². The van der Waals surface area contributed by atoms with E-state index >= 15 is 0 Å². The van der Waals surface area contributed by atoms with Crippen LogP contribution in [0.4, 0.5) is 0 Å². The lowest BCUT2D eigenvalue weighted by atomic mass is 10.0. The van der Waals surface area contributed by atoms with Crippen LogP contribution in [0.25, 0.3) is 0 Å². The number of rotatable bonds is 5. The molecule has 5 nitrogen and oxygen atoms in total. The van der Waals surface area contributed by atoms with E-state index in [9.17, 15) is 9.59 Å². The first-order chi connectivity index (χ1) is 7.61. The molecule has 2 unspecified atom stereocenters. The van der Waals surface area contributed by atoms with Gasteiger partial charge in [-0.2, -0.15) is 0 Å². The zero-order valence-electron chi connectivity index (χ0n) is 9.79. The van der Waals surface area contributed by atoms with Gasteiger partial charge in [0.15, 0.2) is 0 Å². The molecule has 0 saturated carbocycles. The molecule has 2 amide bonds. The standard InChI is InChI=1S/C11H21N3O2/c1-8(6-12)2-4-11(16)14-9-3-5-10(15)13-7-9/h8-9H,2-7,12H2,1H3,(H,13,15)(H,14,16). The Morgan fingerprint density at radius 1 is 1.69 bits per heavy atom. The van der Waals surface area contributed by atoms with Crippen molar-refractivity contribution in [2.75, 3.05) is 13.1 Å². The normalized spacial score (nSPS) is 22.4. The van der Waals surface area contributed by atoms with Crippen molar-refractivity contribution >= 4 is 11.8 Å². The number of nitrogens with two attached hydrogens (primary N) is 1. The first kappa shape index (κ1) is 13.0. The summed E-state index contributed by atoms with van der Waals surface area (Å²) in [5, 5.41) is 5.66. The van der Waals surface area contributed by atoms with E-state index in [2.05, 4.69) is 10.6 Å². The average Bonchev–Trinajstić information content (AvgIpc) is 2.29. The summed E-state index contributed by atoms with van der Waals surface area (Å²) in [7, 11) is 0. The third-order valence-electron chi connectivity index (χ3n) is 2.90. The van der Waals surface area contributed by atoms with Crippen LogP contribution in [0, 0.1) is 5.92 Å². The maximum absolute atomic E-state index is 11.5. The van der Waals surface area contributed by atoms with Crippen molar-refractivity contribution in [3.8, 4) is 0 Å². The van der Waals surface area contributed by atoms with Gasteiger partial charge in [0.1, 0.15) is 0 Å². The lowest BCUT2D eigenvalue weighted by Crippen LogP contribution is -2.47. The van der Waals surface area contributed by atoms with Gasteiger partial charge in [0.2, 0.25) is 11.8 Å². The molecular formula is C11H21N3O2. The second kappa shape index (κ2) is 6.48. The van der Waals surface area contributed by atoms with Crippen molar-refractivity contribution in [3.05, 3.63) is 0 Å². The summed E-state index contributed by atoms with van der Waals surface area (Å²) in [5.74, 6) is 0.514. The van der Waals surface area contributed by atoms with Crippen LogP contribution in [0.1, 0.15) is 32.6 Å². The molecule has 1 heterocycles. The highest BCUT2D eigenvalue weighted by Gasteiger charge is 2.19. The highest BCUT2D eigenvalue weighted by atomic mass is 16.2. The third-order valence-corrected chi connectivity index (χ3v) is 2.90. The molecule has 1 rings (SSSR count). The maximum Gasteiger partial charge on any atom is 0.220 e. The van der Waals surface area contributed by atoms with Crippen molar-refractivity contribution in [2.24, 2.45) is 11.7 Å². The van der Waals surface area contributed by atoms with Crippen LogP contribution in [0.2, 0.25) is 0 Å². The van der Waals surface area contributed by atoms with Crippen LogP contribution >= 0.6 is 0 Å².